The van der Waals surface area contributed by atoms with Crippen LogP contribution in [-0.2, 0) is 6.42 Å². The van der Waals surface area contributed by atoms with Gasteiger partial charge in [-0.05, 0) is 56.1 Å². The minimum atomic E-state index is 0.906. The second-order valence-electron chi connectivity index (χ2n) is 4.70. The van der Waals surface area contributed by atoms with Gasteiger partial charge in [0.15, 0.2) is 0 Å². The van der Waals surface area contributed by atoms with E-state index in [2.05, 4.69) is 18.3 Å². The molecule has 0 atom stereocenters. The van der Waals surface area contributed by atoms with E-state index >= 15 is 0 Å². The third kappa shape index (κ3) is 5.97. The number of rotatable bonds is 10. The highest BCUT2D eigenvalue weighted by Gasteiger charge is 2.04. The average molecular weight is 265 g/mol. The maximum Gasteiger partial charge on any atom is 0.122 e. The fourth-order valence-corrected chi connectivity index (χ4v) is 2.17. The van der Waals surface area contributed by atoms with E-state index in [-0.39, 0.29) is 0 Å². The number of ether oxygens (including phenoxy) is 2. The van der Waals surface area contributed by atoms with Gasteiger partial charge in [0.05, 0.1) is 14.2 Å². The molecular weight excluding hydrogens is 238 g/mol. The van der Waals surface area contributed by atoms with Crippen LogP contribution >= 0.6 is 0 Å². The standard InChI is InChI=1S/C16H27NO2/c1-4-17-12-8-6-5-7-9-14-13-15(18-2)10-11-16(14)19-3/h10-11,13,17H,4-9,12H2,1-3H3. The van der Waals surface area contributed by atoms with Gasteiger partial charge in [-0.1, -0.05) is 19.8 Å². The molecule has 0 spiro atoms. The Hall–Kier alpha value is -1.22. The van der Waals surface area contributed by atoms with Gasteiger partial charge >= 0.3 is 0 Å². The van der Waals surface area contributed by atoms with Gasteiger partial charge in [0, 0.05) is 0 Å². The van der Waals surface area contributed by atoms with Crippen LogP contribution < -0.4 is 14.8 Å². The van der Waals surface area contributed by atoms with Crippen molar-refractivity contribution in [3.8, 4) is 11.5 Å². The highest BCUT2D eigenvalue weighted by Crippen LogP contribution is 2.25. The lowest BCUT2D eigenvalue weighted by Crippen LogP contribution is -2.13. The summed E-state index contributed by atoms with van der Waals surface area (Å²) in [6, 6.07) is 6.01. The van der Waals surface area contributed by atoms with Crippen molar-refractivity contribution in [2.75, 3.05) is 27.3 Å². The molecule has 1 N–H and O–H groups in total. The van der Waals surface area contributed by atoms with Gasteiger partial charge in [-0.2, -0.15) is 0 Å². The number of unbranched alkanes of at least 4 members (excludes halogenated alkanes) is 3. The van der Waals surface area contributed by atoms with Crippen molar-refractivity contribution in [1.82, 2.24) is 5.32 Å². The Labute approximate surface area is 117 Å². The Bertz CT molecular complexity index is 353. The van der Waals surface area contributed by atoms with Gasteiger partial charge < -0.3 is 14.8 Å². The summed E-state index contributed by atoms with van der Waals surface area (Å²) >= 11 is 0. The van der Waals surface area contributed by atoms with E-state index in [9.17, 15) is 0 Å². The molecule has 0 aliphatic heterocycles. The molecule has 108 valence electrons. The van der Waals surface area contributed by atoms with Gasteiger partial charge in [0.25, 0.3) is 0 Å². The average Bonchev–Trinajstić information content (AvgIpc) is 2.46. The molecule has 0 bridgehead atoms. The first kappa shape index (κ1) is 15.8. The highest BCUT2D eigenvalue weighted by molar-refractivity contribution is 5.40. The molecule has 19 heavy (non-hydrogen) atoms. The zero-order valence-electron chi connectivity index (χ0n) is 12.5. The fourth-order valence-electron chi connectivity index (χ4n) is 2.17. The minimum absolute atomic E-state index is 0.906. The predicted molar refractivity (Wildman–Crippen MR) is 80.3 cm³/mol. The second-order valence-corrected chi connectivity index (χ2v) is 4.70. The van der Waals surface area contributed by atoms with Crippen LogP contribution in [0.1, 0.15) is 38.2 Å². The van der Waals surface area contributed by atoms with Crippen LogP contribution in [0, 0.1) is 0 Å². The summed E-state index contributed by atoms with van der Waals surface area (Å²) in [5, 5.41) is 3.35. The maximum atomic E-state index is 5.39. The Morgan fingerprint density at radius 3 is 2.47 bits per heavy atom. The van der Waals surface area contributed by atoms with E-state index in [1.165, 1.54) is 31.2 Å². The van der Waals surface area contributed by atoms with Crippen LogP contribution in [0.3, 0.4) is 0 Å². The van der Waals surface area contributed by atoms with Crippen LogP contribution in [0.15, 0.2) is 18.2 Å². The predicted octanol–water partition coefficient (Wildman–Crippen LogP) is 3.42. The number of nitrogens with one attached hydrogen (secondary N) is 1. The minimum Gasteiger partial charge on any atom is -0.497 e. The molecule has 0 aromatic heterocycles. The molecule has 3 heteroatoms. The van der Waals surface area contributed by atoms with Crippen molar-refractivity contribution >= 4 is 0 Å². The van der Waals surface area contributed by atoms with Gasteiger partial charge in [-0.15, -0.1) is 0 Å². The molecule has 0 saturated carbocycles. The van der Waals surface area contributed by atoms with Crippen LogP contribution in [0.2, 0.25) is 0 Å². The summed E-state index contributed by atoms with van der Waals surface area (Å²) in [6.07, 6.45) is 6.09. The first-order chi connectivity index (χ1) is 9.31. The largest absolute Gasteiger partial charge is 0.497 e. The Morgan fingerprint density at radius 1 is 1.00 bits per heavy atom. The third-order valence-corrected chi connectivity index (χ3v) is 3.29. The quantitative estimate of drug-likeness (QED) is 0.658. The molecule has 0 aliphatic carbocycles. The lowest BCUT2D eigenvalue weighted by Gasteiger charge is -2.10. The first-order valence-corrected chi connectivity index (χ1v) is 7.23. The van der Waals surface area contributed by atoms with Crippen molar-refractivity contribution in [1.29, 1.82) is 0 Å². The Kier molecular flexibility index (Phi) is 8.07. The molecule has 1 rings (SSSR count). The normalized spacial score (nSPS) is 10.5. The number of benzene rings is 1. The highest BCUT2D eigenvalue weighted by atomic mass is 16.5. The van der Waals surface area contributed by atoms with E-state index in [4.69, 9.17) is 9.47 Å². The van der Waals surface area contributed by atoms with Gasteiger partial charge in [-0.3, -0.25) is 0 Å². The fraction of sp³-hybridized carbons (Fsp3) is 0.625. The summed E-state index contributed by atoms with van der Waals surface area (Å²) in [4.78, 5) is 0. The summed E-state index contributed by atoms with van der Waals surface area (Å²) in [5.41, 5.74) is 1.24. The monoisotopic (exact) mass is 265 g/mol. The molecule has 1 aromatic carbocycles. The van der Waals surface area contributed by atoms with Crippen molar-refractivity contribution < 1.29 is 9.47 Å². The van der Waals surface area contributed by atoms with E-state index in [1.807, 2.05) is 12.1 Å². The van der Waals surface area contributed by atoms with Crippen molar-refractivity contribution in [2.45, 2.75) is 39.0 Å². The number of methoxy groups -OCH3 is 2. The SMILES string of the molecule is CCNCCCCCCc1cc(OC)ccc1OC. The van der Waals surface area contributed by atoms with Crippen LogP contribution in [-0.4, -0.2) is 27.3 Å². The smallest absolute Gasteiger partial charge is 0.122 e. The van der Waals surface area contributed by atoms with Crippen LogP contribution in [0.4, 0.5) is 0 Å². The van der Waals surface area contributed by atoms with Gasteiger partial charge in [-0.25, -0.2) is 0 Å². The van der Waals surface area contributed by atoms with Crippen LogP contribution in [0.5, 0.6) is 11.5 Å². The maximum absolute atomic E-state index is 5.39. The second kappa shape index (κ2) is 9.68. The van der Waals surface area contributed by atoms with Crippen molar-refractivity contribution in [3.63, 3.8) is 0 Å². The zero-order chi connectivity index (χ0) is 13.9. The number of hydrogen-bond acceptors (Lipinski definition) is 3. The molecule has 0 amide bonds. The third-order valence-electron chi connectivity index (χ3n) is 3.29. The van der Waals surface area contributed by atoms with E-state index < -0.39 is 0 Å². The molecule has 0 unspecified atom stereocenters. The molecule has 0 radical (unpaired) electrons. The Morgan fingerprint density at radius 2 is 1.79 bits per heavy atom. The van der Waals surface area contributed by atoms with Crippen molar-refractivity contribution in [2.24, 2.45) is 0 Å². The topological polar surface area (TPSA) is 30.5 Å². The van der Waals surface area contributed by atoms with E-state index in [1.54, 1.807) is 14.2 Å². The summed E-state index contributed by atoms with van der Waals surface area (Å²) in [6.45, 7) is 4.36. The van der Waals surface area contributed by atoms with Crippen molar-refractivity contribution in [3.05, 3.63) is 23.8 Å². The van der Waals surface area contributed by atoms with Gasteiger partial charge in [0.2, 0.25) is 0 Å². The molecule has 3 nitrogen and oxygen atoms in total. The molecule has 0 aliphatic rings. The molecule has 0 fully saturated rings. The lowest BCUT2D eigenvalue weighted by atomic mass is 10.0. The summed E-state index contributed by atoms with van der Waals surface area (Å²) < 4.78 is 10.7. The van der Waals surface area contributed by atoms with E-state index in [0.29, 0.717) is 0 Å². The van der Waals surface area contributed by atoms with Gasteiger partial charge in [0.1, 0.15) is 11.5 Å². The van der Waals surface area contributed by atoms with E-state index in [0.717, 1.165) is 31.0 Å². The Balaban J connectivity index is 2.31. The number of aryl methyl sites for hydroxylation is 1. The molecule has 1 aromatic rings. The molecular formula is C16H27NO2. The first-order valence-electron chi connectivity index (χ1n) is 7.23. The lowest BCUT2D eigenvalue weighted by molar-refractivity contribution is 0.398. The number of hydrogen-bond donors (Lipinski definition) is 1. The summed E-state index contributed by atoms with van der Waals surface area (Å²) in [5.74, 6) is 1.87. The summed E-state index contributed by atoms with van der Waals surface area (Å²) in [7, 11) is 3.42. The molecule has 0 saturated heterocycles. The zero-order valence-corrected chi connectivity index (χ0v) is 12.5. The molecule has 0 heterocycles. The van der Waals surface area contributed by atoms with Crippen LogP contribution in [0.25, 0.3) is 0 Å².